The smallest absolute Gasteiger partial charge is 0.417 e. The Kier molecular flexibility index (Phi) is 11.4. The molecule has 0 radical (unpaired) electrons. The molecule has 0 aliphatic carbocycles. The Morgan fingerprint density at radius 1 is 1.03 bits per heavy atom. The van der Waals surface area contributed by atoms with Crippen molar-refractivity contribution < 1.29 is 28.7 Å². The van der Waals surface area contributed by atoms with Crippen molar-refractivity contribution in [3.8, 4) is 0 Å². The van der Waals surface area contributed by atoms with E-state index >= 15 is 0 Å². The van der Waals surface area contributed by atoms with Gasteiger partial charge in [0.15, 0.2) is 0 Å². The zero-order chi connectivity index (χ0) is 26.9. The average Bonchev–Trinajstić information content (AvgIpc) is 2.74. The molecule has 1 aromatic carbocycles. The summed E-state index contributed by atoms with van der Waals surface area (Å²) < 4.78 is 10.3. The van der Waals surface area contributed by atoms with Crippen LogP contribution in [-0.2, 0) is 30.3 Å². The van der Waals surface area contributed by atoms with Crippen molar-refractivity contribution in [2.24, 2.45) is 17.6 Å². The van der Waals surface area contributed by atoms with Gasteiger partial charge in [0.25, 0.3) is 0 Å². The predicted molar refractivity (Wildman–Crippen MR) is 133 cm³/mol. The minimum Gasteiger partial charge on any atom is -0.467 e. The molecule has 0 aliphatic rings. The molecule has 35 heavy (non-hydrogen) atoms. The molecule has 3 N–H and O–H groups in total. The molecule has 0 saturated heterocycles. The van der Waals surface area contributed by atoms with Gasteiger partial charge in [0.1, 0.15) is 17.7 Å². The van der Waals surface area contributed by atoms with Crippen molar-refractivity contribution in [2.45, 2.75) is 85.0 Å². The third-order valence-electron chi connectivity index (χ3n) is 5.13. The maximum absolute atomic E-state index is 13.5. The summed E-state index contributed by atoms with van der Waals surface area (Å²) in [5.41, 5.74) is 6.03. The van der Waals surface area contributed by atoms with Crippen LogP contribution in [0.1, 0.15) is 60.5 Å². The quantitative estimate of drug-likeness (QED) is 0.481. The molecular weight excluding hydrogens is 450 g/mol. The lowest BCUT2D eigenvalue weighted by molar-refractivity contribution is -0.147. The lowest BCUT2D eigenvalue weighted by Gasteiger charge is -2.35. The second-order valence-corrected chi connectivity index (χ2v) is 10.4. The Bertz CT molecular complexity index is 864. The highest BCUT2D eigenvalue weighted by Crippen LogP contribution is 2.20. The zero-order valence-corrected chi connectivity index (χ0v) is 22.2. The van der Waals surface area contributed by atoms with Gasteiger partial charge in [-0.1, -0.05) is 58.0 Å². The third-order valence-corrected chi connectivity index (χ3v) is 5.13. The molecule has 9 nitrogen and oxygen atoms in total. The number of hydrogen-bond acceptors (Lipinski definition) is 7. The number of esters is 1. The molecular formula is C26H41N3O6. The van der Waals surface area contributed by atoms with E-state index in [9.17, 15) is 19.2 Å². The Balaban J connectivity index is 3.35. The van der Waals surface area contributed by atoms with Gasteiger partial charge in [-0.2, -0.15) is 0 Å². The van der Waals surface area contributed by atoms with Crippen LogP contribution in [0.15, 0.2) is 30.3 Å². The Labute approximate surface area is 208 Å². The van der Waals surface area contributed by atoms with Crippen LogP contribution >= 0.6 is 0 Å². The van der Waals surface area contributed by atoms with E-state index in [0.29, 0.717) is 6.42 Å². The van der Waals surface area contributed by atoms with E-state index in [2.05, 4.69) is 5.32 Å². The summed E-state index contributed by atoms with van der Waals surface area (Å²) in [6.07, 6.45) is -0.464. The lowest BCUT2D eigenvalue weighted by atomic mass is 9.97. The number of methoxy groups -OCH3 is 1. The molecule has 0 saturated carbocycles. The second-order valence-electron chi connectivity index (χ2n) is 10.4. The molecule has 0 bridgehead atoms. The number of nitrogens with zero attached hydrogens (tertiary/aromatic N) is 1. The minimum absolute atomic E-state index is 0.0929. The molecule has 0 aliphatic heterocycles. The largest absolute Gasteiger partial charge is 0.467 e. The van der Waals surface area contributed by atoms with Gasteiger partial charge in [0.05, 0.1) is 13.2 Å². The normalized spacial score (nSPS) is 14.1. The number of hydrogen-bond donors (Lipinski definition) is 2. The standard InChI is InChI=1S/C26H41N3O6/c1-16(2)14-19(27)23(31)29(25(33)35-26(5,6)7)21(17(3)4)22(30)28-20(24(32)34-8)15-18-12-10-9-11-13-18/h9-13,16-17,19-21H,14-15,27H2,1-8H3,(H,28,30)/t19-,20-,21-/m0/s1. The summed E-state index contributed by atoms with van der Waals surface area (Å²) in [7, 11) is 1.23. The second kappa shape index (κ2) is 13.2. The number of amides is 3. The van der Waals surface area contributed by atoms with Gasteiger partial charge in [-0.05, 0) is 44.6 Å². The van der Waals surface area contributed by atoms with Crippen LogP contribution in [0.4, 0.5) is 4.79 Å². The first kappa shape index (κ1) is 30.1. The van der Waals surface area contributed by atoms with Crippen LogP contribution in [0, 0.1) is 11.8 Å². The summed E-state index contributed by atoms with van der Waals surface area (Å²) in [4.78, 5) is 53.3. The molecule has 0 fully saturated rings. The maximum Gasteiger partial charge on any atom is 0.417 e. The van der Waals surface area contributed by atoms with E-state index in [4.69, 9.17) is 15.2 Å². The first-order chi connectivity index (χ1) is 16.2. The molecule has 9 heteroatoms. The van der Waals surface area contributed by atoms with Gasteiger partial charge in [0, 0.05) is 6.42 Å². The van der Waals surface area contributed by atoms with Gasteiger partial charge in [-0.15, -0.1) is 0 Å². The highest BCUT2D eigenvalue weighted by Gasteiger charge is 2.42. The van der Waals surface area contributed by atoms with E-state index in [0.717, 1.165) is 10.5 Å². The van der Waals surface area contributed by atoms with E-state index in [1.807, 2.05) is 44.2 Å². The van der Waals surface area contributed by atoms with Crippen LogP contribution in [0.2, 0.25) is 0 Å². The molecule has 196 valence electrons. The van der Waals surface area contributed by atoms with Gasteiger partial charge in [-0.25, -0.2) is 14.5 Å². The highest BCUT2D eigenvalue weighted by molar-refractivity contribution is 6.01. The van der Waals surface area contributed by atoms with Crippen LogP contribution in [-0.4, -0.2) is 59.6 Å². The summed E-state index contributed by atoms with van der Waals surface area (Å²) in [6, 6.07) is 5.86. The Morgan fingerprint density at radius 2 is 1.60 bits per heavy atom. The SMILES string of the molecule is COC(=O)[C@H](Cc1ccccc1)NC(=O)[C@H](C(C)C)N(C(=O)OC(C)(C)C)C(=O)[C@@H](N)CC(C)C. The summed E-state index contributed by atoms with van der Waals surface area (Å²) in [5, 5.41) is 2.67. The number of nitrogens with one attached hydrogen (secondary N) is 1. The van der Waals surface area contributed by atoms with Crippen molar-refractivity contribution in [1.82, 2.24) is 10.2 Å². The van der Waals surface area contributed by atoms with E-state index < -0.39 is 53.5 Å². The van der Waals surface area contributed by atoms with Crippen LogP contribution < -0.4 is 11.1 Å². The average molecular weight is 492 g/mol. The Morgan fingerprint density at radius 3 is 2.06 bits per heavy atom. The van der Waals surface area contributed by atoms with Crippen LogP contribution in [0.5, 0.6) is 0 Å². The molecule has 3 amide bonds. The van der Waals surface area contributed by atoms with Crippen LogP contribution in [0.3, 0.4) is 0 Å². The number of imide groups is 1. The topological polar surface area (TPSA) is 128 Å². The maximum atomic E-state index is 13.5. The van der Waals surface area contributed by atoms with Crippen molar-refractivity contribution in [2.75, 3.05) is 7.11 Å². The van der Waals surface area contributed by atoms with Crippen molar-refractivity contribution >= 4 is 23.9 Å². The molecule has 1 rings (SSSR count). The van der Waals surface area contributed by atoms with Crippen molar-refractivity contribution in [1.29, 1.82) is 0 Å². The highest BCUT2D eigenvalue weighted by atomic mass is 16.6. The minimum atomic E-state index is -1.25. The number of carbonyl (C=O) groups excluding carboxylic acids is 4. The number of ether oxygens (including phenoxy) is 2. The molecule has 0 spiro atoms. The third kappa shape index (κ3) is 9.68. The van der Waals surface area contributed by atoms with Gasteiger partial charge in [0.2, 0.25) is 11.8 Å². The first-order valence-electron chi connectivity index (χ1n) is 11.9. The predicted octanol–water partition coefficient (Wildman–Crippen LogP) is 3.05. The Hall–Kier alpha value is -2.94. The van der Waals surface area contributed by atoms with E-state index in [1.54, 1.807) is 34.6 Å². The van der Waals surface area contributed by atoms with Gasteiger partial charge < -0.3 is 20.5 Å². The monoisotopic (exact) mass is 491 g/mol. The van der Waals surface area contributed by atoms with Gasteiger partial charge >= 0.3 is 12.1 Å². The first-order valence-corrected chi connectivity index (χ1v) is 11.9. The van der Waals surface area contributed by atoms with Crippen molar-refractivity contribution in [3.05, 3.63) is 35.9 Å². The van der Waals surface area contributed by atoms with E-state index in [1.165, 1.54) is 7.11 Å². The molecule has 0 aromatic heterocycles. The number of rotatable bonds is 10. The summed E-state index contributed by atoms with van der Waals surface area (Å²) in [6.45, 7) is 12.2. The lowest BCUT2D eigenvalue weighted by Crippen LogP contribution is -2.61. The number of nitrogens with two attached hydrogens (primary N) is 1. The molecule has 0 unspecified atom stereocenters. The summed E-state index contributed by atoms with van der Waals surface area (Å²) in [5.74, 6) is -2.43. The fourth-order valence-electron chi connectivity index (χ4n) is 3.60. The fraction of sp³-hybridized carbons (Fsp3) is 0.615. The molecule has 1 aromatic rings. The molecule has 0 heterocycles. The number of benzene rings is 1. The van der Waals surface area contributed by atoms with Gasteiger partial charge in [-0.3, -0.25) is 9.59 Å². The molecule has 3 atom stereocenters. The summed E-state index contributed by atoms with van der Waals surface area (Å²) >= 11 is 0. The van der Waals surface area contributed by atoms with Crippen LogP contribution in [0.25, 0.3) is 0 Å². The fourth-order valence-corrected chi connectivity index (χ4v) is 3.60. The number of carbonyl (C=O) groups is 4. The van der Waals surface area contributed by atoms with E-state index in [-0.39, 0.29) is 12.3 Å². The van der Waals surface area contributed by atoms with Crippen molar-refractivity contribution in [3.63, 3.8) is 0 Å². The zero-order valence-electron chi connectivity index (χ0n) is 22.2.